The third kappa shape index (κ3) is 6.22. The first-order valence-corrected chi connectivity index (χ1v) is 9.83. The van der Waals surface area contributed by atoms with E-state index in [9.17, 15) is 13.2 Å². The van der Waals surface area contributed by atoms with E-state index in [4.69, 9.17) is 0 Å². The first-order valence-electron chi connectivity index (χ1n) is 9.83. The maximum Gasteiger partial charge on any atom is 0.191 e. The second-order valence-electron chi connectivity index (χ2n) is 7.45. The number of aromatic nitrogens is 1. The number of aliphatic imine (C=N–C) groups is 1. The molecule has 3 rings (SSSR count). The molecule has 2 unspecified atom stereocenters. The molecular weight excluding hydrogens is 520 g/mol. The van der Waals surface area contributed by atoms with Gasteiger partial charge in [-0.2, -0.15) is 0 Å². The Balaban J connectivity index is 0.00000341. The Bertz CT molecular complexity index is 875. The van der Waals surface area contributed by atoms with Crippen molar-refractivity contribution in [1.82, 2.24) is 20.5 Å². The van der Waals surface area contributed by atoms with Crippen LogP contribution in [0, 0.1) is 17.5 Å². The normalized spacial score (nSPS) is 17.5. The molecule has 1 aromatic carbocycles. The zero-order chi connectivity index (χ0) is 21.7. The highest BCUT2D eigenvalue weighted by molar-refractivity contribution is 14.0. The summed E-state index contributed by atoms with van der Waals surface area (Å²) in [6.07, 6.45) is 2.36. The molecule has 170 valence electrons. The maximum absolute atomic E-state index is 14.2. The van der Waals surface area contributed by atoms with Crippen molar-refractivity contribution in [3.05, 3.63) is 59.5 Å². The summed E-state index contributed by atoms with van der Waals surface area (Å²) in [5.74, 6) is -0.648. The smallest absolute Gasteiger partial charge is 0.191 e. The summed E-state index contributed by atoms with van der Waals surface area (Å²) in [6.45, 7) is 1.51. The second kappa shape index (κ2) is 11.5. The number of hydrogen-bond donors (Lipinski definition) is 2. The molecule has 10 heteroatoms. The lowest BCUT2D eigenvalue weighted by atomic mass is 10.0. The van der Waals surface area contributed by atoms with Gasteiger partial charge in [0.2, 0.25) is 0 Å². The largest absolute Gasteiger partial charge is 0.354 e. The number of pyridine rings is 1. The van der Waals surface area contributed by atoms with Gasteiger partial charge in [0.1, 0.15) is 11.6 Å². The number of hydrogen-bond acceptors (Lipinski definition) is 4. The predicted octanol–water partition coefficient (Wildman–Crippen LogP) is 3.16. The number of likely N-dealkylation sites (N-methyl/N-ethyl adjacent to an activating group) is 1. The minimum Gasteiger partial charge on any atom is -0.354 e. The van der Waals surface area contributed by atoms with Gasteiger partial charge in [0.15, 0.2) is 17.6 Å². The molecule has 0 radical (unpaired) electrons. The summed E-state index contributed by atoms with van der Waals surface area (Å²) >= 11 is 0. The van der Waals surface area contributed by atoms with Crippen LogP contribution in [0.5, 0.6) is 0 Å². The lowest BCUT2D eigenvalue weighted by Crippen LogP contribution is -2.47. The third-order valence-corrected chi connectivity index (χ3v) is 5.21. The monoisotopic (exact) mass is 548 g/mol. The molecule has 1 fully saturated rings. The lowest BCUT2D eigenvalue weighted by Gasteiger charge is -2.27. The molecule has 0 amide bonds. The number of halogens is 4. The van der Waals surface area contributed by atoms with E-state index >= 15 is 0 Å². The van der Waals surface area contributed by atoms with Crippen LogP contribution in [0.15, 0.2) is 41.5 Å². The van der Waals surface area contributed by atoms with Crippen LogP contribution in [-0.4, -0.2) is 62.7 Å². The zero-order valence-electron chi connectivity index (χ0n) is 17.8. The van der Waals surface area contributed by atoms with E-state index in [0.717, 1.165) is 6.42 Å². The van der Waals surface area contributed by atoms with Crippen LogP contribution < -0.4 is 15.5 Å². The first-order chi connectivity index (χ1) is 14.4. The van der Waals surface area contributed by atoms with Gasteiger partial charge in [-0.05, 0) is 44.8 Å². The van der Waals surface area contributed by atoms with Gasteiger partial charge in [0, 0.05) is 44.5 Å². The van der Waals surface area contributed by atoms with E-state index < -0.39 is 17.7 Å². The molecule has 0 spiro atoms. The molecule has 6 nitrogen and oxygen atoms in total. The van der Waals surface area contributed by atoms with Crippen molar-refractivity contribution in [1.29, 1.82) is 0 Å². The summed E-state index contributed by atoms with van der Waals surface area (Å²) in [7, 11) is 5.17. The molecule has 0 saturated carbocycles. The summed E-state index contributed by atoms with van der Waals surface area (Å²) in [5, 5.41) is 6.45. The van der Waals surface area contributed by atoms with Crippen molar-refractivity contribution in [3.8, 4) is 0 Å². The zero-order valence-corrected chi connectivity index (χ0v) is 20.1. The molecule has 2 N–H and O–H groups in total. The molecule has 2 heterocycles. The number of nitrogens with one attached hydrogen (secondary N) is 2. The minimum absolute atomic E-state index is 0. The standard InChI is InChI=1S/C21H27F3N6.HI/c1-25-21(27-12-18(29(2)3)19-15(22)6-4-7-16(19)23)28-14-9-11-30(13-14)20-17(24)8-5-10-26-20;/h4-8,10,14,18H,9,11-13H2,1-3H3,(H2,25,27,28);1H. The fourth-order valence-electron chi connectivity index (χ4n) is 3.63. The highest BCUT2D eigenvalue weighted by Gasteiger charge is 2.27. The molecule has 1 saturated heterocycles. The topological polar surface area (TPSA) is 55.8 Å². The number of anilines is 1. The van der Waals surface area contributed by atoms with E-state index in [2.05, 4.69) is 20.6 Å². The van der Waals surface area contributed by atoms with Crippen molar-refractivity contribution < 1.29 is 13.2 Å². The van der Waals surface area contributed by atoms with Crippen LogP contribution in [0.25, 0.3) is 0 Å². The van der Waals surface area contributed by atoms with Gasteiger partial charge >= 0.3 is 0 Å². The maximum atomic E-state index is 14.2. The van der Waals surface area contributed by atoms with Crippen LogP contribution in [0.1, 0.15) is 18.0 Å². The van der Waals surface area contributed by atoms with Crippen LogP contribution in [-0.2, 0) is 0 Å². The van der Waals surface area contributed by atoms with Crippen LogP contribution in [0.3, 0.4) is 0 Å². The Hall–Kier alpha value is -2.08. The summed E-state index contributed by atoms with van der Waals surface area (Å²) in [4.78, 5) is 12.0. The Morgan fingerprint density at radius 2 is 1.87 bits per heavy atom. The Morgan fingerprint density at radius 1 is 1.19 bits per heavy atom. The van der Waals surface area contributed by atoms with Crippen molar-refractivity contribution >= 4 is 35.8 Å². The van der Waals surface area contributed by atoms with E-state index in [0.29, 0.717) is 24.9 Å². The van der Waals surface area contributed by atoms with Gasteiger partial charge in [-0.25, -0.2) is 18.2 Å². The van der Waals surface area contributed by atoms with Crippen LogP contribution in [0.4, 0.5) is 19.0 Å². The van der Waals surface area contributed by atoms with Gasteiger partial charge < -0.3 is 20.4 Å². The molecule has 2 aromatic rings. The van der Waals surface area contributed by atoms with Gasteiger partial charge in [-0.15, -0.1) is 24.0 Å². The van der Waals surface area contributed by atoms with E-state index in [1.54, 1.807) is 38.3 Å². The highest BCUT2D eigenvalue weighted by atomic mass is 127. The quantitative estimate of drug-likeness (QED) is 0.330. The van der Waals surface area contributed by atoms with Crippen molar-refractivity contribution in [2.75, 3.05) is 45.7 Å². The van der Waals surface area contributed by atoms with Gasteiger partial charge in [0.25, 0.3) is 0 Å². The molecule has 0 aliphatic carbocycles. The molecular formula is C21H28F3IN6. The number of rotatable bonds is 6. The summed E-state index contributed by atoms with van der Waals surface area (Å²) in [6, 6.07) is 6.35. The second-order valence-corrected chi connectivity index (χ2v) is 7.45. The average Bonchev–Trinajstić information content (AvgIpc) is 3.17. The van der Waals surface area contributed by atoms with Crippen molar-refractivity contribution in [2.45, 2.75) is 18.5 Å². The molecule has 1 aliphatic rings. The summed E-state index contributed by atoms with van der Waals surface area (Å²) < 4.78 is 42.5. The molecule has 0 bridgehead atoms. The highest BCUT2D eigenvalue weighted by Crippen LogP contribution is 2.24. The fraction of sp³-hybridized carbons (Fsp3) is 0.429. The molecule has 2 atom stereocenters. The van der Waals surface area contributed by atoms with Crippen molar-refractivity contribution in [2.24, 2.45) is 4.99 Å². The van der Waals surface area contributed by atoms with E-state index in [1.165, 1.54) is 24.3 Å². The van der Waals surface area contributed by atoms with Gasteiger partial charge in [0.05, 0.1) is 6.04 Å². The molecule has 1 aromatic heterocycles. The number of nitrogens with zero attached hydrogens (tertiary/aromatic N) is 4. The Morgan fingerprint density at radius 3 is 2.48 bits per heavy atom. The van der Waals surface area contributed by atoms with Gasteiger partial charge in [-0.1, -0.05) is 6.07 Å². The SMILES string of the molecule is CN=C(NCC(c1c(F)cccc1F)N(C)C)NC1CCN(c2ncccc2F)C1.I. The van der Waals surface area contributed by atoms with Crippen molar-refractivity contribution in [3.63, 3.8) is 0 Å². The predicted molar refractivity (Wildman–Crippen MR) is 128 cm³/mol. The molecule has 1 aliphatic heterocycles. The molecule has 31 heavy (non-hydrogen) atoms. The van der Waals surface area contributed by atoms with E-state index in [-0.39, 0.29) is 47.9 Å². The van der Waals surface area contributed by atoms with Crippen LogP contribution in [0.2, 0.25) is 0 Å². The van der Waals surface area contributed by atoms with E-state index in [1.807, 2.05) is 4.90 Å². The average molecular weight is 548 g/mol. The van der Waals surface area contributed by atoms with Crippen LogP contribution >= 0.6 is 24.0 Å². The third-order valence-electron chi connectivity index (χ3n) is 5.21. The first kappa shape index (κ1) is 25.2. The minimum atomic E-state index is -0.581. The summed E-state index contributed by atoms with van der Waals surface area (Å²) in [5.41, 5.74) is 0.0168. The van der Waals surface area contributed by atoms with Gasteiger partial charge in [-0.3, -0.25) is 4.99 Å². The Labute approximate surface area is 198 Å². The lowest BCUT2D eigenvalue weighted by molar-refractivity contribution is 0.282. The Kier molecular flexibility index (Phi) is 9.35. The fourth-order valence-corrected chi connectivity index (χ4v) is 3.63. The number of guanidine groups is 1. The number of benzene rings is 1.